The van der Waals surface area contributed by atoms with Gasteiger partial charge < -0.3 is 5.11 Å². The van der Waals surface area contributed by atoms with Crippen molar-refractivity contribution >= 4 is 26.0 Å². The largest absolute Gasteiger partial charge is 0.478 e. The Morgan fingerprint density at radius 2 is 1.90 bits per heavy atom. The zero-order chi connectivity index (χ0) is 16.3. The summed E-state index contributed by atoms with van der Waals surface area (Å²) in [7, 11) is -7.80. The Labute approximate surface area is 123 Å². The van der Waals surface area contributed by atoms with E-state index in [1.807, 2.05) is 0 Å². The lowest BCUT2D eigenvalue weighted by Gasteiger charge is -2.11. The highest BCUT2D eigenvalue weighted by Gasteiger charge is 2.20. The maximum atomic E-state index is 12.1. The SMILES string of the molecule is CCc1ccc(C(=O)O)cc1S(=O)(=O)NCCS(N)(=O)=O. The first-order valence-electron chi connectivity index (χ1n) is 5.93. The highest BCUT2D eigenvalue weighted by molar-refractivity contribution is 7.90. The predicted molar refractivity (Wildman–Crippen MR) is 75.9 cm³/mol. The van der Waals surface area contributed by atoms with Gasteiger partial charge in [0.2, 0.25) is 20.0 Å². The van der Waals surface area contributed by atoms with Gasteiger partial charge in [-0.05, 0) is 24.1 Å². The third kappa shape index (κ3) is 5.08. The molecule has 1 rings (SSSR count). The Morgan fingerprint density at radius 3 is 2.38 bits per heavy atom. The number of hydrogen-bond donors (Lipinski definition) is 3. The van der Waals surface area contributed by atoms with Crippen LogP contribution in [0.5, 0.6) is 0 Å². The van der Waals surface area contributed by atoms with E-state index in [1.54, 1.807) is 6.92 Å². The number of carboxylic acids is 1. The molecule has 0 aliphatic heterocycles. The second-order valence-electron chi connectivity index (χ2n) is 4.25. The number of primary sulfonamides is 1. The second kappa shape index (κ2) is 6.52. The van der Waals surface area contributed by atoms with Crippen molar-refractivity contribution in [2.24, 2.45) is 5.14 Å². The van der Waals surface area contributed by atoms with Gasteiger partial charge in [0.15, 0.2) is 0 Å². The second-order valence-corrected chi connectivity index (χ2v) is 7.72. The van der Waals surface area contributed by atoms with Crippen LogP contribution in [0, 0.1) is 0 Å². The van der Waals surface area contributed by atoms with Gasteiger partial charge in [0.1, 0.15) is 0 Å². The van der Waals surface area contributed by atoms with Crippen molar-refractivity contribution in [3.05, 3.63) is 29.3 Å². The molecule has 0 heterocycles. The Balaban J connectivity index is 3.11. The first kappa shape index (κ1) is 17.6. The normalized spacial score (nSPS) is 12.3. The Bertz CT molecular complexity index is 740. The van der Waals surface area contributed by atoms with Gasteiger partial charge >= 0.3 is 5.97 Å². The third-order valence-electron chi connectivity index (χ3n) is 2.66. The molecule has 0 aliphatic rings. The third-order valence-corrected chi connectivity index (χ3v) is 4.98. The molecule has 0 radical (unpaired) electrons. The van der Waals surface area contributed by atoms with Crippen molar-refractivity contribution in [2.75, 3.05) is 12.3 Å². The van der Waals surface area contributed by atoms with Crippen LogP contribution >= 0.6 is 0 Å². The molecule has 0 saturated carbocycles. The zero-order valence-corrected chi connectivity index (χ0v) is 12.9. The summed E-state index contributed by atoms with van der Waals surface area (Å²) < 4.78 is 47.9. The lowest BCUT2D eigenvalue weighted by molar-refractivity contribution is 0.0696. The number of carbonyl (C=O) groups is 1. The Morgan fingerprint density at radius 1 is 1.29 bits per heavy atom. The van der Waals surface area contributed by atoms with Crippen LogP contribution in [0.4, 0.5) is 0 Å². The van der Waals surface area contributed by atoms with E-state index in [2.05, 4.69) is 4.72 Å². The number of sulfonamides is 2. The van der Waals surface area contributed by atoms with Crippen LogP contribution in [0.1, 0.15) is 22.8 Å². The summed E-state index contributed by atoms with van der Waals surface area (Å²) in [6.45, 7) is 1.33. The molecule has 0 atom stereocenters. The number of benzene rings is 1. The highest BCUT2D eigenvalue weighted by Crippen LogP contribution is 2.18. The summed E-state index contributed by atoms with van der Waals surface area (Å²) in [4.78, 5) is 10.7. The Hall–Kier alpha value is -1.49. The quantitative estimate of drug-likeness (QED) is 0.613. The van der Waals surface area contributed by atoms with E-state index in [0.717, 1.165) is 6.07 Å². The molecule has 0 saturated heterocycles. The standard InChI is InChI=1S/C11H16N2O6S2/c1-2-8-3-4-9(11(14)15)7-10(8)21(18,19)13-5-6-20(12,16)17/h3-4,7,13H,2,5-6H2,1H3,(H,14,15)(H2,12,16,17). The minimum Gasteiger partial charge on any atom is -0.478 e. The average Bonchev–Trinajstić information content (AvgIpc) is 2.36. The molecule has 0 bridgehead atoms. The summed E-state index contributed by atoms with van der Waals surface area (Å²) in [5, 5.41) is 13.7. The van der Waals surface area contributed by atoms with Crippen molar-refractivity contribution < 1.29 is 26.7 Å². The molecule has 4 N–H and O–H groups in total. The van der Waals surface area contributed by atoms with Crippen molar-refractivity contribution in [1.82, 2.24) is 4.72 Å². The maximum absolute atomic E-state index is 12.1. The predicted octanol–water partition coefficient (Wildman–Crippen LogP) is -0.486. The smallest absolute Gasteiger partial charge is 0.335 e. The molecule has 0 spiro atoms. The Kier molecular flexibility index (Phi) is 5.45. The van der Waals surface area contributed by atoms with Gasteiger partial charge in [-0.3, -0.25) is 0 Å². The number of nitrogens with two attached hydrogens (primary N) is 1. The number of nitrogens with one attached hydrogen (secondary N) is 1. The summed E-state index contributed by atoms with van der Waals surface area (Å²) in [5.74, 6) is -1.80. The van der Waals surface area contributed by atoms with Crippen molar-refractivity contribution in [2.45, 2.75) is 18.2 Å². The number of aryl methyl sites for hydroxylation is 1. The van der Waals surface area contributed by atoms with E-state index in [-0.39, 0.29) is 17.0 Å². The maximum Gasteiger partial charge on any atom is 0.335 e. The van der Waals surface area contributed by atoms with Gasteiger partial charge in [-0.15, -0.1) is 0 Å². The molecular weight excluding hydrogens is 320 g/mol. The fraction of sp³-hybridized carbons (Fsp3) is 0.364. The van der Waals surface area contributed by atoms with E-state index in [4.69, 9.17) is 10.2 Å². The molecule has 8 nitrogen and oxygen atoms in total. The molecule has 0 fully saturated rings. The van der Waals surface area contributed by atoms with Crippen LogP contribution < -0.4 is 9.86 Å². The van der Waals surface area contributed by atoms with Crippen LogP contribution in [0.15, 0.2) is 23.1 Å². The van der Waals surface area contributed by atoms with Gasteiger partial charge in [0.05, 0.1) is 16.2 Å². The summed E-state index contributed by atoms with van der Waals surface area (Å²) in [6.07, 6.45) is 0.380. The topological polar surface area (TPSA) is 144 Å². The fourth-order valence-electron chi connectivity index (χ4n) is 1.63. The first-order valence-corrected chi connectivity index (χ1v) is 9.13. The molecule has 1 aromatic rings. The van der Waals surface area contributed by atoms with Gasteiger partial charge in [-0.25, -0.2) is 31.5 Å². The molecule has 0 amide bonds. The molecule has 10 heteroatoms. The lowest BCUT2D eigenvalue weighted by atomic mass is 10.1. The minimum atomic E-state index is -4.01. The van der Waals surface area contributed by atoms with Gasteiger partial charge in [0.25, 0.3) is 0 Å². The van der Waals surface area contributed by atoms with Crippen LogP contribution in [0.25, 0.3) is 0 Å². The zero-order valence-electron chi connectivity index (χ0n) is 11.2. The van der Waals surface area contributed by atoms with Gasteiger partial charge in [0, 0.05) is 6.54 Å². The number of hydrogen-bond acceptors (Lipinski definition) is 5. The lowest BCUT2D eigenvalue weighted by Crippen LogP contribution is -2.32. The van der Waals surface area contributed by atoms with Gasteiger partial charge in [-0.1, -0.05) is 13.0 Å². The molecule has 118 valence electrons. The van der Waals surface area contributed by atoms with Crippen molar-refractivity contribution in [1.29, 1.82) is 0 Å². The van der Waals surface area contributed by atoms with Crippen LogP contribution in [0.3, 0.4) is 0 Å². The molecule has 21 heavy (non-hydrogen) atoms. The van der Waals surface area contributed by atoms with E-state index >= 15 is 0 Å². The van der Waals surface area contributed by atoms with E-state index in [1.165, 1.54) is 12.1 Å². The molecule has 0 aromatic heterocycles. The highest BCUT2D eigenvalue weighted by atomic mass is 32.2. The van der Waals surface area contributed by atoms with E-state index in [9.17, 15) is 21.6 Å². The monoisotopic (exact) mass is 336 g/mol. The van der Waals surface area contributed by atoms with Gasteiger partial charge in [-0.2, -0.15) is 0 Å². The molecule has 1 aromatic carbocycles. The van der Waals surface area contributed by atoms with E-state index < -0.39 is 31.8 Å². The molecule has 0 unspecified atom stereocenters. The first-order chi connectivity index (χ1) is 9.57. The van der Waals surface area contributed by atoms with E-state index in [0.29, 0.717) is 12.0 Å². The summed E-state index contributed by atoms with van der Waals surface area (Å²) in [5.41, 5.74) is 0.266. The number of carboxylic acid groups (broad SMARTS) is 1. The van der Waals surface area contributed by atoms with Crippen LogP contribution in [-0.2, 0) is 26.5 Å². The van der Waals surface area contributed by atoms with Crippen LogP contribution in [0.2, 0.25) is 0 Å². The minimum absolute atomic E-state index is 0.168. The average molecular weight is 336 g/mol. The van der Waals surface area contributed by atoms with Crippen molar-refractivity contribution in [3.8, 4) is 0 Å². The fourth-order valence-corrected chi connectivity index (χ4v) is 3.51. The number of aromatic carboxylic acids is 1. The summed E-state index contributed by atoms with van der Waals surface area (Å²) >= 11 is 0. The molecule has 0 aliphatic carbocycles. The number of rotatable bonds is 7. The summed E-state index contributed by atoms with van der Waals surface area (Å²) in [6, 6.07) is 3.77. The van der Waals surface area contributed by atoms with Crippen LogP contribution in [-0.4, -0.2) is 40.2 Å². The van der Waals surface area contributed by atoms with Crippen molar-refractivity contribution in [3.63, 3.8) is 0 Å². The molecular formula is C11H16N2O6S2.